The Kier molecular flexibility index (Phi) is 5.38. The summed E-state index contributed by atoms with van der Waals surface area (Å²) in [5, 5.41) is 3.73. The highest BCUT2D eigenvalue weighted by molar-refractivity contribution is 6.30. The van der Waals surface area contributed by atoms with Crippen molar-refractivity contribution in [1.82, 2.24) is 4.90 Å². The van der Waals surface area contributed by atoms with Gasteiger partial charge in [0.15, 0.2) is 0 Å². The number of hydrogen-bond acceptors (Lipinski definition) is 3. The molecule has 1 atom stereocenters. The Bertz CT molecular complexity index is 667. The van der Waals surface area contributed by atoms with Crippen molar-refractivity contribution in [3.63, 3.8) is 0 Å². The van der Waals surface area contributed by atoms with E-state index >= 15 is 0 Å². The van der Waals surface area contributed by atoms with Crippen LogP contribution in [0.25, 0.3) is 0 Å². The summed E-state index contributed by atoms with van der Waals surface area (Å²) >= 11 is 5.95. The van der Waals surface area contributed by atoms with Crippen molar-refractivity contribution in [2.24, 2.45) is 0 Å². The van der Waals surface area contributed by atoms with Gasteiger partial charge in [-0.25, -0.2) is 0 Å². The first-order chi connectivity index (χ1) is 11.6. The Morgan fingerprint density at radius 3 is 2.25 bits per heavy atom. The van der Waals surface area contributed by atoms with Gasteiger partial charge in [-0.2, -0.15) is 0 Å². The number of halogens is 1. The van der Waals surface area contributed by atoms with E-state index in [9.17, 15) is 4.79 Å². The SMILES string of the molecule is C[C@@H](C(=O)Nc1ccccc1)N1CCN(c2ccc(Cl)cc2)CC1. The van der Waals surface area contributed by atoms with Gasteiger partial charge in [0, 0.05) is 42.6 Å². The van der Waals surface area contributed by atoms with Crippen LogP contribution in [-0.2, 0) is 4.79 Å². The summed E-state index contributed by atoms with van der Waals surface area (Å²) < 4.78 is 0. The lowest BCUT2D eigenvalue weighted by atomic mass is 10.2. The summed E-state index contributed by atoms with van der Waals surface area (Å²) in [4.78, 5) is 17.0. The number of piperazine rings is 1. The number of carbonyl (C=O) groups is 1. The van der Waals surface area contributed by atoms with Gasteiger partial charge in [-0.1, -0.05) is 29.8 Å². The normalized spacial score (nSPS) is 16.7. The van der Waals surface area contributed by atoms with E-state index in [1.54, 1.807) is 0 Å². The molecule has 1 N–H and O–H groups in total. The van der Waals surface area contributed by atoms with Gasteiger partial charge in [0.05, 0.1) is 6.04 Å². The van der Waals surface area contributed by atoms with E-state index < -0.39 is 0 Å². The maximum Gasteiger partial charge on any atom is 0.241 e. The molecule has 0 radical (unpaired) electrons. The molecule has 0 saturated carbocycles. The minimum atomic E-state index is -0.141. The van der Waals surface area contributed by atoms with Crippen molar-refractivity contribution in [3.8, 4) is 0 Å². The van der Waals surface area contributed by atoms with Crippen molar-refractivity contribution in [1.29, 1.82) is 0 Å². The molecule has 0 unspecified atom stereocenters. The van der Waals surface area contributed by atoms with Crippen molar-refractivity contribution in [2.45, 2.75) is 13.0 Å². The van der Waals surface area contributed by atoms with Gasteiger partial charge < -0.3 is 10.2 Å². The van der Waals surface area contributed by atoms with Crippen LogP contribution in [0.3, 0.4) is 0 Å². The van der Waals surface area contributed by atoms with Gasteiger partial charge in [0.25, 0.3) is 0 Å². The average molecular weight is 344 g/mol. The summed E-state index contributed by atoms with van der Waals surface area (Å²) in [7, 11) is 0. The van der Waals surface area contributed by atoms with Crippen LogP contribution in [0.2, 0.25) is 5.02 Å². The lowest BCUT2D eigenvalue weighted by Crippen LogP contribution is -2.52. The molecular weight excluding hydrogens is 322 g/mol. The third-order valence-electron chi connectivity index (χ3n) is 4.47. The van der Waals surface area contributed by atoms with Crippen LogP contribution >= 0.6 is 11.6 Å². The molecule has 1 amide bonds. The number of nitrogens with one attached hydrogen (secondary N) is 1. The zero-order chi connectivity index (χ0) is 16.9. The molecule has 24 heavy (non-hydrogen) atoms. The molecule has 1 aliphatic rings. The molecule has 3 rings (SSSR count). The standard InChI is InChI=1S/C19H22ClN3O/c1-15(19(24)21-17-5-3-2-4-6-17)22-11-13-23(14-12-22)18-9-7-16(20)8-10-18/h2-10,15H,11-14H2,1H3,(H,21,24)/t15-/m0/s1. The topological polar surface area (TPSA) is 35.6 Å². The molecule has 2 aromatic rings. The first-order valence-electron chi connectivity index (χ1n) is 8.24. The number of carbonyl (C=O) groups excluding carboxylic acids is 1. The largest absolute Gasteiger partial charge is 0.369 e. The molecule has 1 aliphatic heterocycles. The highest BCUT2D eigenvalue weighted by Crippen LogP contribution is 2.20. The second kappa shape index (κ2) is 7.69. The van der Waals surface area contributed by atoms with Crippen molar-refractivity contribution < 1.29 is 4.79 Å². The molecule has 126 valence electrons. The Labute approximate surface area is 148 Å². The molecule has 1 fully saturated rings. The second-order valence-electron chi connectivity index (χ2n) is 6.03. The highest BCUT2D eigenvalue weighted by Gasteiger charge is 2.25. The number of amides is 1. The lowest BCUT2D eigenvalue weighted by Gasteiger charge is -2.38. The predicted octanol–water partition coefficient (Wildman–Crippen LogP) is 3.49. The fraction of sp³-hybridized carbons (Fsp3) is 0.316. The van der Waals surface area contributed by atoms with Crippen molar-refractivity contribution in [3.05, 3.63) is 59.6 Å². The van der Waals surface area contributed by atoms with Gasteiger partial charge in [0.1, 0.15) is 0 Å². The zero-order valence-corrected chi connectivity index (χ0v) is 14.5. The van der Waals surface area contributed by atoms with Crippen molar-refractivity contribution in [2.75, 3.05) is 36.4 Å². The minimum Gasteiger partial charge on any atom is -0.369 e. The van der Waals surface area contributed by atoms with Gasteiger partial charge in [-0.3, -0.25) is 9.69 Å². The van der Waals surface area contributed by atoms with E-state index in [0.29, 0.717) is 0 Å². The molecule has 0 bridgehead atoms. The Morgan fingerprint density at radius 2 is 1.62 bits per heavy atom. The molecule has 0 spiro atoms. The summed E-state index contributed by atoms with van der Waals surface area (Å²) in [6, 6.07) is 17.4. The minimum absolute atomic E-state index is 0.0427. The van der Waals surface area contributed by atoms with Gasteiger partial charge >= 0.3 is 0 Å². The van der Waals surface area contributed by atoms with Crippen LogP contribution in [0.1, 0.15) is 6.92 Å². The second-order valence-corrected chi connectivity index (χ2v) is 6.47. The van der Waals surface area contributed by atoms with E-state index in [4.69, 9.17) is 11.6 Å². The molecule has 1 heterocycles. The fourth-order valence-corrected chi connectivity index (χ4v) is 3.08. The third kappa shape index (κ3) is 4.08. The maximum absolute atomic E-state index is 12.4. The van der Waals surface area contributed by atoms with E-state index in [1.165, 1.54) is 5.69 Å². The molecule has 0 aromatic heterocycles. The van der Waals surface area contributed by atoms with Crippen LogP contribution < -0.4 is 10.2 Å². The number of nitrogens with zero attached hydrogens (tertiary/aromatic N) is 2. The number of anilines is 2. The summed E-state index contributed by atoms with van der Waals surface area (Å²) in [5.41, 5.74) is 2.02. The molecular formula is C19H22ClN3O. The van der Waals surface area contributed by atoms with E-state index in [0.717, 1.165) is 36.9 Å². The quantitative estimate of drug-likeness (QED) is 0.923. The average Bonchev–Trinajstić information content (AvgIpc) is 2.63. The van der Waals surface area contributed by atoms with Crippen molar-refractivity contribution >= 4 is 28.9 Å². The van der Waals surface area contributed by atoms with Crippen LogP contribution in [0.5, 0.6) is 0 Å². The van der Waals surface area contributed by atoms with Gasteiger partial charge in [-0.05, 0) is 43.3 Å². The Hall–Kier alpha value is -2.04. The van der Waals surface area contributed by atoms with Gasteiger partial charge in [-0.15, -0.1) is 0 Å². The molecule has 4 nitrogen and oxygen atoms in total. The first-order valence-corrected chi connectivity index (χ1v) is 8.62. The van der Waals surface area contributed by atoms with E-state index in [-0.39, 0.29) is 11.9 Å². The van der Waals surface area contributed by atoms with Crippen LogP contribution in [-0.4, -0.2) is 43.0 Å². The number of para-hydroxylation sites is 1. The maximum atomic E-state index is 12.4. The monoisotopic (exact) mass is 343 g/mol. The smallest absolute Gasteiger partial charge is 0.241 e. The molecule has 1 saturated heterocycles. The first kappa shape index (κ1) is 16.8. The van der Waals surface area contributed by atoms with E-state index in [2.05, 4.69) is 15.1 Å². The third-order valence-corrected chi connectivity index (χ3v) is 4.73. The predicted molar refractivity (Wildman–Crippen MR) is 99.8 cm³/mol. The zero-order valence-electron chi connectivity index (χ0n) is 13.8. The number of hydrogen-bond donors (Lipinski definition) is 1. The molecule has 0 aliphatic carbocycles. The highest BCUT2D eigenvalue weighted by atomic mass is 35.5. The van der Waals surface area contributed by atoms with Crippen LogP contribution in [0, 0.1) is 0 Å². The van der Waals surface area contributed by atoms with Crippen LogP contribution in [0.4, 0.5) is 11.4 Å². The molecule has 5 heteroatoms. The van der Waals surface area contributed by atoms with Crippen LogP contribution in [0.15, 0.2) is 54.6 Å². The van der Waals surface area contributed by atoms with Gasteiger partial charge in [0.2, 0.25) is 5.91 Å². The number of rotatable bonds is 4. The Morgan fingerprint density at radius 1 is 1.00 bits per heavy atom. The van der Waals surface area contributed by atoms with E-state index in [1.807, 2.05) is 61.5 Å². The summed E-state index contributed by atoms with van der Waals surface area (Å²) in [6.45, 7) is 5.52. The lowest BCUT2D eigenvalue weighted by molar-refractivity contribution is -0.120. The summed E-state index contributed by atoms with van der Waals surface area (Å²) in [5.74, 6) is 0.0427. The Balaban J connectivity index is 1.54. The fourth-order valence-electron chi connectivity index (χ4n) is 2.95. The summed E-state index contributed by atoms with van der Waals surface area (Å²) in [6.07, 6.45) is 0. The number of benzene rings is 2. The molecule has 2 aromatic carbocycles.